The molecule has 1 fully saturated rings. The Balaban J connectivity index is 2.12. The second kappa shape index (κ2) is 6.69. The van der Waals surface area contributed by atoms with Crippen LogP contribution in [0.3, 0.4) is 0 Å². The Morgan fingerprint density at radius 2 is 2.00 bits per heavy atom. The van der Waals surface area contributed by atoms with Crippen molar-refractivity contribution in [2.24, 2.45) is 5.92 Å². The van der Waals surface area contributed by atoms with Crippen LogP contribution in [0.25, 0.3) is 0 Å². The number of halogens is 3. The number of nitrogens with zero attached hydrogens (tertiary/aromatic N) is 1. The van der Waals surface area contributed by atoms with E-state index in [9.17, 15) is 13.2 Å². The first-order chi connectivity index (χ1) is 9.90. The molecular formula is C16H23F3N2. The molecule has 0 aromatic heterocycles. The lowest BCUT2D eigenvalue weighted by Crippen LogP contribution is -2.26. The summed E-state index contributed by atoms with van der Waals surface area (Å²) in [6.45, 7) is 4.28. The van der Waals surface area contributed by atoms with E-state index in [1.807, 2.05) is 0 Å². The van der Waals surface area contributed by atoms with Crippen LogP contribution in [0.5, 0.6) is 0 Å². The minimum absolute atomic E-state index is 0.160. The molecule has 0 amide bonds. The molecule has 2 rings (SSSR count). The van der Waals surface area contributed by atoms with Gasteiger partial charge in [0.15, 0.2) is 0 Å². The summed E-state index contributed by atoms with van der Waals surface area (Å²) in [5.41, 5.74) is 5.39. The Labute approximate surface area is 124 Å². The fourth-order valence-electron chi connectivity index (χ4n) is 3.03. The predicted molar refractivity (Wildman–Crippen MR) is 78.8 cm³/mol. The van der Waals surface area contributed by atoms with E-state index in [-0.39, 0.29) is 5.69 Å². The summed E-state index contributed by atoms with van der Waals surface area (Å²) in [4.78, 5) is 2.14. The van der Waals surface area contributed by atoms with Gasteiger partial charge in [-0.1, -0.05) is 19.4 Å². The van der Waals surface area contributed by atoms with Crippen LogP contribution in [0.2, 0.25) is 0 Å². The summed E-state index contributed by atoms with van der Waals surface area (Å²) >= 11 is 0. The van der Waals surface area contributed by atoms with Gasteiger partial charge in [0.1, 0.15) is 0 Å². The van der Waals surface area contributed by atoms with Crippen molar-refractivity contribution in [3.63, 3.8) is 0 Å². The highest BCUT2D eigenvalue weighted by Gasteiger charge is 2.33. The van der Waals surface area contributed by atoms with Gasteiger partial charge in [-0.3, -0.25) is 4.90 Å². The number of rotatable bonds is 3. The van der Waals surface area contributed by atoms with Crippen molar-refractivity contribution in [2.45, 2.75) is 45.3 Å². The second-order valence-electron chi connectivity index (χ2n) is 5.90. The van der Waals surface area contributed by atoms with Crippen molar-refractivity contribution < 1.29 is 13.2 Å². The lowest BCUT2D eigenvalue weighted by molar-refractivity contribution is -0.138. The highest BCUT2D eigenvalue weighted by molar-refractivity contribution is 5.46. The molecule has 1 aromatic carbocycles. The number of alkyl halides is 3. The Kier molecular flexibility index (Phi) is 5.14. The molecule has 2 N–H and O–H groups in total. The van der Waals surface area contributed by atoms with E-state index in [2.05, 4.69) is 11.8 Å². The van der Waals surface area contributed by atoms with Crippen LogP contribution in [0.1, 0.15) is 43.7 Å². The SMILES string of the molecule is CCC1CCCN(Cc2ccc(N)cc2C(F)(F)F)CC1. The summed E-state index contributed by atoms with van der Waals surface area (Å²) in [6, 6.07) is 4.11. The average molecular weight is 300 g/mol. The van der Waals surface area contributed by atoms with Crippen molar-refractivity contribution in [3.8, 4) is 0 Å². The van der Waals surface area contributed by atoms with Gasteiger partial charge in [-0.05, 0) is 56.0 Å². The Bertz CT molecular complexity index is 471. The topological polar surface area (TPSA) is 29.3 Å². The molecule has 1 saturated heterocycles. The molecule has 1 unspecified atom stereocenters. The van der Waals surface area contributed by atoms with Crippen molar-refractivity contribution >= 4 is 5.69 Å². The molecule has 1 aliphatic rings. The van der Waals surface area contributed by atoms with Gasteiger partial charge in [0.05, 0.1) is 5.56 Å². The molecule has 5 heteroatoms. The summed E-state index contributed by atoms with van der Waals surface area (Å²) < 4.78 is 39.3. The first-order valence-electron chi connectivity index (χ1n) is 7.58. The first-order valence-corrected chi connectivity index (χ1v) is 7.58. The molecule has 0 aliphatic carbocycles. The fraction of sp³-hybridized carbons (Fsp3) is 0.625. The number of nitrogen functional groups attached to an aromatic ring is 1. The molecule has 2 nitrogen and oxygen atoms in total. The zero-order valence-corrected chi connectivity index (χ0v) is 12.4. The molecule has 1 heterocycles. The van der Waals surface area contributed by atoms with Crippen molar-refractivity contribution in [2.75, 3.05) is 18.8 Å². The highest BCUT2D eigenvalue weighted by atomic mass is 19.4. The maximum Gasteiger partial charge on any atom is 0.416 e. The largest absolute Gasteiger partial charge is 0.416 e. The van der Waals surface area contributed by atoms with Crippen LogP contribution in [0, 0.1) is 5.92 Å². The Morgan fingerprint density at radius 1 is 1.24 bits per heavy atom. The average Bonchev–Trinajstić information content (AvgIpc) is 2.65. The van der Waals surface area contributed by atoms with Gasteiger partial charge in [-0.2, -0.15) is 13.2 Å². The van der Waals surface area contributed by atoms with Crippen LogP contribution in [0.4, 0.5) is 18.9 Å². The summed E-state index contributed by atoms with van der Waals surface area (Å²) in [7, 11) is 0. The van der Waals surface area contributed by atoms with Crippen molar-refractivity contribution in [3.05, 3.63) is 29.3 Å². The van der Waals surface area contributed by atoms with Crippen molar-refractivity contribution in [1.82, 2.24) is 4.90 Å². The van der Waals surface area contributed by atoms with Gasteiger partial charge in [-0.25, -0.2) is 0 Å². The van der Waals surface area contributed by atoms with E-state index in [1.54, 1.807) is 6.07 Å². The van der Waals surface area contributed by atoms with Crippen LogP contribution >= 0.6 is 0 Å². The quantitative estimate of drug-likeness (QED) is 0.843. The minimum Gasteiger partial charge on any atom is -0.399 e. The fourth-order valence-corrected chi connectivity index (χ4v) is 3.03. The minimum atomic E-state index is -4.34. The lowest BCUT2D eigenvalue weighted by atomic mass is 9.98. The zero-order chi connectivity index (χ0) is 15.5. The molecule has 1 aromatic rings. The van der Waals surface area contributed by atoms with Gasteiger partial charge >= 0.3 is 6.18 Å². The van der Waals surface area contributed by atoms with Crippen LogP contribution < -0.4 is 5.73 Å². The lowest BCUT2D eigenvalue weighted by Gasteiger charge is -2.22. The number of nitrogens with two attached hydrogens (primary N) is 1. The number of likely N-dealkylation sites (tertiary alicyclic amines) is 1. The molecule has 118 valence electrons. The van der Waals surface area contributed by atoms with Gasteiger partial charge in [0, 0.05) is 12.2 Å². The van der Waals surface area contributed by atoms with E-state index in [1.165, 1.54) is 12.5 Å². The van der Waals surface area contributed by atoms with Gasteiger partial charge in [-0.15, -0.1) is 0 Å². The maximum atomic E-state index is 13.1. The summed E-state index contributed by atoms with van der Waals surface area (Å²) in [5, 5.41) is 0. The first kappa shape index (κ1) is 16.1. The number of hydrogen-bond donors (Lipinski definition) is 1. The smallest absolute Gasteiger partial charge is 0.399 e. The summed E-state index contributed by atoms with van der Waals surface area (Å²) in [6.07, 6.45) is 0.133. The van der Waals surface area contributed by atoms with Gasteiger partial charge < -0.3 is 5.73 Å². The predicted octanol–water partition coefficient (Wildman–Crippen LogP) is 4.30. The highest BCUT2D eigenvalue weighted by Crippen LogP contribution is 2.34. The van der Waals surface area contributed by atoms with E-state index < -0.39 is 11.7 Å². The number of benzene rings is 1. The second-order valence-corrected chi connectivity index (χ2v) is 5.90. The third kappa shape index (κ3) is 4.37. The van der Waals surface area contributed by atoms with E-state index >= 15 is 0 Å². The molecule has 0 bridgehead atoms. The van der Waals surface area contributed by atoms with E-state index in [0.29, 0.717) is 18.0 Å². The van der Waals surface area contributed by atoms with Gasteiger partial charge in [0.25, 0.3) is 0 Å². The number of hydrogen-bond acceptors (Lipinski definition) is 2. The van der Waals surface area contributed by atoms with Crippen molar-refractivity contribution in [1.29, 1.82) is 0 Å². The zero-order valence-electron chi connectivity index (χ0n) is 12.4. The molecule has 1 atom stereocenters. The Hall–Kier alpha value is -1.23. The maximum absolute atomic E-state index is 13.1. The molecule has 1 aliphatic heterocycles. The third-order valence-electron chi connectivity index (χ3n) is 4.35. The van der Waals surface area contributed by atoms with Crippen LogP contribution in [-0.2, 0) is 12.7 Å². The molecule has 21 heavy (non-hydrogen) atoms. The molecule has 0 saturated carbocycles. The van der Waals surface area contributed by atoms with Gasteiger partial charge in [0.2, 0.25) is 0 Å². The van der Waals surface area contributed by atoms with E-state index in [0.717, 1.165) is 38.4 Å². The standard InChI is InChI=1S/C16H23F3N2/c1-2-12-4-3-8-21(9-7-12)11-13-5-6-14(20)10-15(13)16(17,18)19/h5-6,10,12H,2-4,7-9,11,20H2,1H3. The number of anilines is 1. The van der Waals surface area contributed by atoms with Crippen LogP contribution in [-0.4, -0.2) is 18.0 Å². The molecular weight excluding hydrogens is 277 g/mol. The Morgan fingerprint density at radius 3 is 2.67 bits per heavy atom. The molecule has 0 radical (unpaired) electrons. The normalized spacial score (nSPS) is 21.2. The monoisotopic (exact) mass is 300 g/mol. The summed E-state index contributed by atoms with van der Waals surface area (Å²) in [5.74, 6) is 0.712. The molecule has 0 spiro atoms. The third-order valence-corrected chi connectivity index (χ3v) is 4.35. The van der Waals surface area contributed by atoms with E-state index in [4.69, 9.17) is 5.73 Å². The van der Waals surface area contributed by atoms with Crippen LogP contribution in [0.15, 0.2) is 18.2 Å².